The van der Waals surface area contributed by atoms with Gasteiger partial charge >= 0.3 is 187 Å². The summed E-state index contributed by atoms with van der Waals surface area (Å²) in [5.41, 5.74) is 1.50. The standard InChI is InChI=1S/C15H20N.3C4H9.Sn/c1-3-12-16(13-4-2)14-8-11-15-9-6-5-7-10-15;3*1-3-4-2;/h3-7,9-10,14H,1-2,8,11-13H2;3*1,3-4H2,2H3;. The quantitative estimate of drug-likeness (QED) is 0.144. The number of rotatable bonds is 18. The molecule has 0 saturated heterocycles. The van der Waals surface area contributed by atoms with Crippen molar-refractivity contribution in [2.24, 2.45) is 0 Å². The Morgan fingerprint density at radius 1 is 0.828 bits per heavy atom. The van der Waals surface area contributed by atoms with Gasteiger partial charge in [-0.25, -0.2) is 0 Å². The third kappa shape index (κ3) is 9.42. The van der Waals surface area contributed by atoms with Crippen LogP contribution in [-0.2, 0) is 6.42 Å². The summed E-state index contributed by atoms with van der Waals surface area (Å²) in [7, 11) is 0. The van der Waals surface area contributed by atoms with Gasteiger partial charge < -0.3 is 0 Å². The molecule has 0 aromatic heterocycles. The molecular weight excluding hydrogens is 457 g/mol. The average molecular weight is 504 g/mol. The molecular formula is C27H47NSn. The first-order valence-electron chi connectivity index (χ1n) is 12.2. The molecule has 164 valence electrons. The second-order valence-electron chi connectivity index (χ2n) is 8.74. The minimum absolute atomic E-state index is 0.796. The van der Waals surface area contributed by atoms with Crippen LogP contribution in [0.4, 0.5) is 0 Å². The third-order valence-corrected chi connectivity index (χ3v) is 24.0. The molecule has 1 atom stereocenters. The molecule has 0 saturated carbocycles. The number of hydrogen-bond donors (Lipinski definition) is 0. The Morgan fingerprint density at radius 2 is 1.31 bits per heavy atom. The summed E-state index contributed by atoms with van der Waals surface area (Å²) in [5.74, 6) is 0. The van der Waals surface area contributed by atoms with E-state index in [4.69, 9.17) is 0 Å². The SMILES string of the molecule is C=CCN(CC=C)[C@@H](CCc1ccccc1)[Sn]([CH2]CCC)([CH2]CCC)[CH2]CCC. The van der Waals surface area contributed by atoms with Gasteiger partial charge in [-0.1, -0.05) is 0 Å². The first-order chi connectivity index (χ1) is 14.2. The summed E-state index contributed by atoms with van der Waals surface area (Å²) in [5, 5.41) is 0. The molecule has 1 aromatic carbocycles. The third-order valence-electron chi connectivity index (χ3n) is 6.51. The average Bonchev–Trinajstić information content (AvgIpc) is 2.75. The zero-order valence-corrected chi connectivity index (χ0v) is 22.5. The second kappa shape index (κ2) is 16.2. The molecule has 0 unspecified atom stereocenters. The monoisotopic (exact) mass is 505 g/mol. The molecule has 0 aliphatic carbocycles. The van der Waals surface area contributed by atoms with Crippen molar-refractivity contribution in [2.75, 3.05) is 13.1 Å². The Bertz CT molecular complexity index is 507. The maximum atomic E-state index is 4.10. The Labute approximate surface area is 186 Å². The van der Waals surface area contributed by atoms with E-state index < -0.39 is 18.4 Å². The van der Waals surface area contributed by atoms with Crippen molar-refractivity contribution in [3.8, 4) is 0 Å². The fourth-order valence-electron chi connectivity index (χ4n) is 4.95. The van der Waals surface area contributed by atoms with Crippen molar-refractivity contribution in [3.63, 3.8) is 0 Å². The van der Waals surface area contributed by atoms with E-state index in [1.807, 2.05) is 0 Å². The van der Waals surface area contributed by atoms with E-state index in [0.717, 1.165) is 17.1 Å². The van der Waals surface area contributed by atoms with Gasteiger partial charge in [0.15, 0.2) is 0 Å². The van der Waals surface area contributed by atoms with Crippen molar-refractivity contribution in [2.45, 2.75) is 89.5 Å². The summed E-state index contributed by atoms with van der Waals surface area (Å²) < 4.78 is 5.49. The molecule has 29 heavy (non-hydrogen) atoms. The summed E-state index contributed by atoms with van der Waals surface area (Å²) in [6.45, 7) is 17.3. The van der Waals surface area contributed by atoms with Crippen LogP contribution in [0.2, 0.25) is 13.3 Å². The normalized spacial score (nSPS) is 12.8. The van der Waals surface area contributed by atoms with Crippen molar-refractivity contribution in [1.82, 2.24) is 4.90 Å². The Hall–Kier alpha value is -0.541. The van der Waals surface area contributed by atoms with E-state index in [1.165, 1.54) is 56.9 Å². The van der Waals surface area contributed by atoms with Crippen molar-refractivity contribution in [3.05, 3.63) is 61.2 Å². The fourth-order valence-corrected chi connectivity index (χ4v) is 24.0. The minimum atomic E-state index is -2.40. The van der Waals surface area contributed by atoms with Crippen molar-refractivity contribution in [1.29, 1.82) is 0 Å². The molecule has 0 aliphatic heterocycles. The van der Waals surface area contributed by atoms with Gasteiger partial charge in [0.05, 0.1) is 0 Å². The van der Waals surface area contributed by atoms with Gasteiger partial charge in [0, 0.05) is 0 Å². The number of nitrogens with zero attached hydrogens (tertiary/aromatic N) is 1. The second-order valence-corrected chi connectivity index (χ2v) is 22.7. The zero-order chi connectivity index (χ0) is 21.4. The number of hydrogen-bond acceptors (Lipinski definition) is 1. The molecule has 1 nitrogen and oxygen atoms in total. The summed E-state index contributed by atoms with van der Waals surface area (Å²) >= 11 is -2.40. The summed E-state index contributed by atoms with van der Waals surface area (Å²) in [6.07, 6.45) is 15.1. The van der Waals surface area contributed by atoms with E-state index in [1.54, 1.807) is 13.3 Å². The van der Waals surface area contributed by atoms with Crippen LogP contribution in [0.1, 0.15) is 71.3 Å². The van der Waals surface area contributed by atoms with Gasteiger partial charge in [0.1, 0.15) is 0 Å². The molecule has 0 amide bonds. The van der Waals surface area contributed by atoms with E-state index in [9.17, 15) is 0 Å². The zero-order valence-electron chi connectivity index (χ0n) is 19.7. The Balaban J connectivity index is 3.26. The maximum absolute atomic E-state index is 4.10. The van der Waals surface area contributed by atoms with Gasteiger partial charge in [0.25, 0.3) is 0 Å². The molecule has 0 spiro atoms. The van der Waals surface area contributed by atoms with Crippen LogP contribution in [-0.4, -0.2) is 40.4 Å². The number of benzene rings is 1. The number of aryl methyl sites for hydroxylation is 1. The molecule has 0 heterocycles. The van der Waals surface area contributed by atoms with Gasteiger partial charge in [-0.3, -0.25) is 0 Å². The molecule has 1 rings (SSSR count). The molecule has 2 heteroatoms. The van der Waals surface area contributed by atoms with Crippen LogP contribution in [0.5, 0.6) is 0 Å². The molecule has 1 aromatic rings. The van der Waals surface area contributed by atoms with Gasteiger partial charge in [-0.15, -0.1) is 0 Å². The van der Waals surface area contributed by atoms with Crippen LogP contribution in [0, 0.1) is 0 Å². The molecule has 0 N–H and O–H groups in total. The van der Waals surface area contributed by atoms with Crippen LogP contribution in [0.3, 0.4) is 0 Å². The fraction of sp³-hybridized carbons (Fsp3) is 0.630. The van der Waals surface area contributed by atoms with E-state index in [0.29, 0.717) is 0 Å². The van der Waals surface area contributed by atoms with Crippen molar-refractivity contribution < 1.29 is 0 Å². The summed E-state index contributed by atoms with van der Waals surface area (Å²) in [4.78, 5) is 2.76. The van der Waals surface area contributed by atoms with Crippen LogP contribution < -0.4 is 0 Å². The van der Waals surface area contributed by atoms with Crippen molar-refractivity contribution >= 4 is 18.4 Å². The van der Waals surface area contributed by atoms with E-state index in [-0.39, 0.29) is 0 Å². The summed E-state index contributed by atoms with van der Waals surface area (Å²) in [6, 6.07) is 11.1. The molecule has 0 radical (unpaired) electrons. The molecule has 0 aliphatic rings. The first-order valence-corrected chi connectivity index (χ1v) is 19.9. The van der Waals surface area contributed by atoms with Gasteiger partial charge in [-0.2, -0.15) is 0 Å². The Kier molecular flexibility index (Phi) is 14.8. The van der Waals surface area contributed by atoms with Gasteiger partial charge in [0.2, 0.25) is 0 Å². The number of unbranched alkanes of at least 4 members (excludes halogenated alkanes) is 3. The molecule has 0 fully saturated rings. The molecule has 0 bridgehead atoms. The topological polar surface area (TPSA) is 3.24 Å². The Morgan fingerprint density at radius 3 is 1.72 bits per heavy atom. The van der Waals surface area contributed by atoms with E-state index >= 15 is 0 Å². The van der Waals surface area contributed by atoms with Crippen LogP contribution >= 0.6 is 0 Å². The van der Waals surface area contributed by atoms with Gasteiger partial charge in [-0.05, 0) is 0 Å². The van der Waals surface area contributed by atoms with Crippen LogP contribution in [0.15, 0.2) is 55.6 Å². The first kappa shape index (κ1) is 26.5. The predicted octanol–water partition coefficient (Wildman–Crippen LogP) is 8.05. The van der Waals surface area contributed by atoms with Crippen LogP contribution in [0.25, 0.3) is 0 Å². The predicted molar refractivity (Wildman–Crippen MR) is 135 cm³/mol. The van der Waals surface area contributed by atoms with E-state index in [2.05, 4.69) is 81.3 Å².